The molecule has 4 rings (SSSR count). The van der Waals surface area contributed by atoms with Crippen LogP contribution in [0.15, 0.2) is 59.6 Å². The topological polar surface area (TPSA) is 111 Å². The summed E-state index contributed by atoms with van der Waals surface area (Å²) in [6.45, 7) is 1.05. The molecule has 1 aliphatic heterocycles. The van der Waals surface area contributed by atoms with Gasteiger partial charge in [-0.3, -0.25) is 4.79 Å². The number of rotatable bonds is 6. The molecule has 0 atom stereocenters. The van der Waals surface area contributed by atoms with Crippen LogP contribution in [0.1, 0.15) is 0 Å². The van der Waals surface area contributed by atoms with Crippen molar-refractivity contribution in [2.24, 2.45) is 0 Å². The number of anilines is 1. The number of nitrogens with one attached hydrogen (secondary N) is 1. The first kappa shape index (κ1) is 20.2. The molecule has 1 fully saturated rings. The zero-order chi connectivity index (χ0) is 21.0. The standard InChI is InChI=1S/C20H20N4O5S/c25-19(14-29-20-18-7-2-1-4-15(18)13-21-23-20)22-16-5-3-6-17(12-16)30(26,27)24-8-10-28-11-9-24/h1-7,12-13H,8-11,14H2,(H,22,25). The molecular weight excluding hydrogens is 408 g/mol. The highest BCUT2D eigenvalue weighted by atomic mass is 32.2. The van der Waals surface area contributed by atoms with E-state index in [1.165, 1.54) is 16.4 Å². The van der Waals surface area contributed by atoms with Crippen LogP contribution >= 0.6 is 0 Å². The first-order chi connectivity index (χ1) is 14.5. The van der Waals surface area contributed by atoms with Crippen molar-refractivity contribution < 1.29 is 22.7 Å². The molecule has 0 saturated carbocycles. The Morgan fingerprint density at radius 1 is 1.13 bits per heavy atom. The monoisotopic (exact) mass is 428 g/mol. The SMILES string of the molecule is O=C(COc1nncc2ccccc12)Nc1cccc(S(=O)(=O)N2CCOCC2)c1. The number of nitrogens with zero attached hydrogens (tertiary/aromatic N) is 3. The molecule has 0 unspecified atom stereocenters. The highest BCUT2D eigenvalue weighted by molar-refractivity contribution is 7.89. The van der Waals surface area contributed by atoms with Crippen molar-refractivity contribution in [1.29, 1.82) is 0 Å². The Kier molecular flexibility index (Phi) is 5.88. The lowest BCUT2D eigenvalue weighted by Crippen LogP contribution is -2.40. The first-order valence-electron chi connectivity index (χ1n) is 9.35. The van der Waals surface area contributed by atoms with E-state index in [1.54, 1.807) is 18.3 Å². The van der Waals surface area contributed by atoms with Gasteiger partial charge in [0.25, 0.3) is 5.91 Å². The Morgan fingerprint density at radius 3 is 2.77 bits per heavy atom. The second kappa shape index (κ2) is 8.74. The van der Waals surface area contributed by atoms with Gasteiger partial charge in [0.15, 0.2) is 6.61 Å². The van der Waals surface area contributed by atoms with Crippen LogP contribution in [0.2, 0.25) is 0 Å². The van der Waals surface area contributed by atoms with E-state index in [0.717, 1.165) is 10.8 Å². The molecule has 9 nitrogen and oxygen atoms in total. The molecule has 0 bridgehead atoms. The lowest BCUT2D eigenvalue weighted by molar-refractivity contribution is -0.118. The van der Waals surface area contributed by atoms with E-state index in [1.807, 2.05) is 24.3 Å². The molecule has 156 valence electrons. The summed E-state index contributed by atoms with van der Waals surface area (Å²) >= 11 is 0. The van der Waals surface area contributed by atoms with E-state index in [2.05, 4.69) is 15.5 Å². The van der Waals surface area contributed by atoms with Gasteiger partial charge >= 0.3 is 0 Å². The van der Waals surface area contributed by atoms with Crippen molar-refractivity contribution in [2.45, 2.75) is 4.90 Å². The molecule has 3 aromatic rings. The Labute approximate surface area is 173 Å². The van der Waals surface area contributed by atoms with Crippen molar-refractivity contribution in [2.75, 3.05) is 38.2 Å². The summed E-state index contributed by atoms with van der Waals surface area (Å²) in [6.07, 6.45) is 1.61. The van der Waals surface area contributed by atoms with Crippen molar-refractivity contribution >= 4 is 32.4 Å². The van der Waals surface area contributed by atoms with E-state index in [4.69, 9.17) is 9.47 Å². The third-order valence-corrected chi connectivity index (χ3v) is 6.50. The molecule has 2 heterocycles. The largest absolute Gasteiger partial charge is 0.466 e. The number of sulfonamides is 1. The van der Waals surface area contributed by atoms with Gasteiger partial charge in [-0.2, -0.15) is 9.40 Å². The zero-order valence-electron chi connectivity index (χ0n) is 16.0. The molecule has 1 saturated heterocycles. The number of hydrogen-bond acceptors (Lipinski definition) is 7. The predicted octanol–water partition coefficient (Wildman–Crippen LogP) is 1.67. The fraction of sp³-hybridized carbons (Fsp3) is 0.250. The molecule has 1 aliphatic rings. The van der Waals surface area contributed by atoms with Gasteiger partial charge in [-0.25, -0.2) is 8.42 Å². The van der Waals surface area contributed by atoms with Crippen molar-refractivity contribution in [3.63, 3.8) is 0 Å². The van der Waals surface area contributed by atoms with E-state index < -0.39 is 15.9 Å². The van der Waals surface area contributed by atoms with Crippen LogP contribution in [0.3, 0.4) is 0 Å². The predicted molar refractivity (Wildman–Crippen MR) is 110 cm³/mol. The average molecular weight is 428 g/mol. The molecule has 1 amide bonds. The summed E-state index contributed by atoms with van der Waals surface area (Å²) in [5.74, 6) is -0.183. The molecule has 0 aliphatic carbocycles. The maximum absolute atomic E-state index is 12.8. The summed E-state index contributed by atoms with van der Waals surface area (Å²) in [5.41, 5.74) is 0.363. The van der Waals surface area contributed by atoms with Crippen molar-refractivity contribution in [3.05, 3.63) is 54.7 Å². The minimum absolute atomic E-state index is 0.114. The van der Waals surface area contributed by atoms with Gasteiger partial charge in [-0.15, -0.1) is 5.10 Å². The number of fused-ring (bicyclic) bond motifs is 1. The van der Waals surface area contributed by atoms with Crippen LogP contribution in [-0.2, 0) is 19.6 Å². The molecule has 1 N–H and O–H groups in total. The molecule has 0 spiro atoms. The minimum Gasteiger partial charge on any atom is -0.466 e. The van der Waals surface area contributed by atoms with Gasteiger partial charge in [0.1, 0.15) is 0 Å². The Balaban J connectivity index is 1.43. The number of carbonyl (C=O) groups is 1. The quantitative estimate of drug-likeness (QED) is 0.636. The molecule has 0 radical (unpaired) electrons. The number of morpholine rings is 1. The number of carbonyl (C=O) groups excluding carboxylic acids is 1. The van der Waals surface area contributed by atoms with E-state index >= 15 is 0 Å². The van der Waals surface area contributed by atoms with Gasteiger partial charge in [0.05, 0.1) is 24.3 Å². The van der Waals surface area contributed by atoms with Crippen LogP contribution in [0.5, 0.6) is 5.88 Å². The number of aromatic nitrogens is 2. The Hall–Kier alpha value is -3.08. The normalized spacial score (nSPS) is 15.1. The molecule has 2 aromatic carbocycles. The lowest BCUT2D eigenvalue weighted by Gasteiger charge is -2.26. The Bertz CT molecular complexity index is 1160. The van der Waals surface area contributed by atoms with Crippen LogP contribution in [0.4, 0.5) is 5.69 Å². The maximum Gasteiger partial charge on any atom is 0.262 e. The first-order valence-corrected chi connectivity index (χ1v) is 10.8. The van der Waals surface area contributed by atoms with Crippen LogP contribution < -0.4 is 10.1 Å². The molecule has 30 heavy (non-hydrogen) atoms. The van der Waals surface area contributed by atoms with Gasteiger partial charge in [-0.05, 0) is 24.3 Å². The zero-order valence-corrected chi connectivity index (χ0v) is 16.8. The number of hydrogen-bond donors (Lipinski definition) is 1. The van der Waals surface area contributed by atoms with E-state index in [-0.39, 0.29) is 17.4 Å². The fourth-order valence-electron chi connectivity index (χ4n) is 3.11. The summed E-state index contributed by atoms with van der Waals surface area (Å²) in [7, 11) is -3.65. The summed E-state index contributed by atoms with van der Waals surface area (Å²) in [6, 6.07) is 13.6. The number of benzene rings is 2. The fourth-order valence-corrected chi connectivity index (χ4v) is 4.56. The third-order valence-electron chi connectivity index (χ3n) is 4.60. The Morgan fingerprint density at radius 2 is 1.93 bits per heavy atom. The van der Waals surface area contributed by atoms with Gasteiger partial charge in [0, 0.05) is 29.5 Å². The smallest absolute Gasteiger partial charge is 0.262 e. The number of amides is 1. The van der Waals surface area contributed by atoms with Gasteiger partial charge < -0.3 is 14.8 Å². The van der Waals surface area contributed by atoms with Crippen molar-refractivity contribution in [3.8, 4) is 5.88 Å². The molecule has 10 heteroatoms. The molecule has 1 aromatic heterocycles. The van der Waals surface area contributed by atoms with Crippen LogP contribution in [0, 0.1) is 0 Å². The second-order valence-corrected chi connectivity index (χ2v) is 8.56. The van der Waals surface area contributed by atoms with Gasteiger partial charge in [-0.1, -0.05) is 24.3 Å². The highest BCUT2D eigenvalue weighted by Gasteiger charge is 2.26. The van der Waals surface area contributed by atoms with E-state index in [0.29, 0.717) is 32.0 Å². The molecular formula is C20H20N4O5S. The number of ether oxygens (including phenoxy) is 2. The summed E-state index contributed by atoms with van der Waals surface area (Å²) < 4.78 is 37.7. The van der Waals surface area contributed by atoms with Gasteiger partial charge in [0.2, 0.25) is 15.9 Å². The second-order valence-electron chi connectivity index (χ2n) is 6.62. The lowest BCUT2D eigenvalue weighted by atomic mass is 10.2. The summed E-state index contributed by atoms with van der Waals surface area (Å²) in [5, 5.41) is 12.1. The minimum atomic E-state index is -3.65. The van der Waals surface area contributed by atoms with E-state index in [9.17, 15) is 13.2 Å². The maximum atomic E-state index is 12.8. The van der Waals surface area contributed by atoms with Crippen LogP contribution in [-0.4, -0.2) is 61.7 Å². The van der Waals surface area contributed by atoms with Crippen LogP contribution in [0.25, 0.3) is 10.8 Å². The van der Waals surface area contributed by atoms with Crippen molar-refractivity contribution in [1.82, 2.24) is 14.5 Å². The third kappa shape index (κ3) is 4.40. The highest BCUT2D eigenvalue weighted by Crippen LogP contribution is 2.22. The summed E-state index contributed by atoms with van der Waals surface area (Å²) in [4.78, 5) is 12.4. The average Bonchev–Trinajstić information content (AvgIpc) is 2.78.